The smallest absolute Gasteiger partial charge is 0.104 e. The van der Waals surface area contributed by atoms with E-state index in [9.17, 15) is 0 Å². The molecule has 1 atom stereocenters. The minimum Gasteiger partial charge on any atom is -0.330 e. The van der Waals surface area contributed by atoms with E-state index >= 15 is 0 Å². The van der Waals surface area contributed by atoms with Gasteiger partial charge in [0.05, 0.1) is 20.1 Å². The first-order valence-corrected chi connectivity index (χ1v) is 8.37. The second-order valence-electron chi connectivity index (χ2n) is 6.56. The molecule has 0 heterocycles. The molecule has 0 aliphatic carbocycles. The molecule has 4 N–H and O–H groups in total. The van der Waals surface area contributed by atoms with Crippen molar-refractivity contribution < 1.29 is 4.48 Å². The van der Waals surface area contributed by atoms with Gasteiger partial charge in [0.1, 0.15) is 6.54 Å². The summed E-state index contributed by atoms with van der Waals surface area (Å²) >= 11 is 0. The highest BCUT2D eigenvalue weighted by atomic mass is 15.3. The van der Waals surface area contributed by atoms with Gasteiger partial charge in [-0.15, -0.1) is 0 Å². The van der Waals surface area contributed by atoms with Gasteiger partial charge in [-0.25, -0.2) is 0 Å². The Kier molecular flexibility index (Phi) is 7.94. The Morgan fingerprint density at radius 1 is 1.00 bits per heavy atom. The second-order valence-corrected chi connectivity index (χ2v) is 6.56. The van der Waals surface area contributed by atoms with Gasteiger partial charge in [0.15, 0.2) is 0 Å². The lowest BCUT2D eigenvalue weighted by molar-refractivity contribution is -0.922. The maximum Gasteiger partial charge on any atom is 0.104 e. The molecule has 0 aliphatic heterocycles. The summed E-state index contributed by atoms with van der Waals surface area (Å²) < 4.78 is 1.04. The Morgan fingerprint density at radius 2 is 1.52 bits per heavy atom. The second kappa shape index (κ2) is 9.19. The van der Waals surface area contributed by atoms with E-state index in [0.29, 0.717) is 5.92 Å². The standard InChI is InChI=1S/C18H34N3/c1-4-16(2)18-9-7-17(8-10-18)15-21(3,13-5-11-19)14-6-12-20/h7-10,16H,4-6,11-15,19-20H2,1-3H3/q+1. The summed E-state index contributed by atoms with van der Waals surface area (Å²) in [6.07, 6.45) is 3.35. The van der Waals surface area contributed by atoms with Crippen LogP contribution in [0.25, 0.3) is 0 Å². The van der Waals surface area contributed by atoms with Crippen molar-refractivity contribution in [3.63, 3.8) is 0 Å². The maximum absolute atomic E-state index is 5.69. The fourth-order valence-corrected chi connectivity index (χ4v) is 2.84. The molecule has 1 rings (SSSR count). The minimum absolute atomic E-state index is 0.648. The van der Waals surface area contributed by atoms with Crippen molar-refractivity contribution in [2.45, 2.75) is 45.6 Å². The quantitative estimate of drug-likeness (QED) is 0.652. The number of hydrogen-bond donors (Lipinski definition) is 2. The number of nitrogens with two attached hydrogens (primary N) is 2. The predicted octanol–water partition coefficient (Wildman–Crippen LogP) is 2.84. The zero-order valence-electron chi connectivity index (χ0n) is 14.1. The van der Waals surface area contributed by atoms with E-state index in [2.05, 4.69) is 45.2 Å². The van der Waals surface area contributed by atoms with Crippen LogP contribution in [-0.2, 0) is 6.54 Å². The highest BCUT2D eigenvalue weighted by Crippen LogP contribution is 2.20. The molecule has 21 heavy (non-hydrogen) atoms. The van der Waals surface area contributed by atoms with Crippen LogP contribution < -0.4 is 11.5 Å². The first-order chi connectivity index (χ1) is 10.0. The molecule has 0 spiro atoms. The normalized spacial score (nSPS) is 13.4. The van der Waals surface area contributed by atoms with Crippen LogP contribution >= 0.6 is 0 Å². The molecular weight excluding hydrogens is 258 g/mol. The van der Waals surface area contributed by atoms with Crippen LogP contribution in [-0.4, -0.2) is 37.7 Å². The van der Waals surface area contributed by atoms with Gasteiger partial charge in [-0.05, 0) is 31.0 Å². The van der Waals surface area contributed by atoms with Gasteiger partial charge >= 0.3 is 0 Å². The van der Waals surface area contributed by atoms with Crippen LogP contribution in [0, 0.1) is 0 Å². The van der Waals surface area contributed by atoms with Crippen molar-refractivity contribution in [3.05, 3.63) is 35.4 Å². The third-order valence-electron chi connectivity index (χ3n) is 4.53. The maximum atomic E-state index is 5.69. The molecule has 1 unspecified atom stereocenters. The molecule has 1 aromatic carbocycles. The fourth-order valence-electron chi connectivity index (χ4n) is 2.84. The topological polar surface area (TPSA) is 52.0 Å². The summed E-state index contributed by atoms with van der Waals surface area (Å²) in [5, 5.41) is 0. The number of quaternary nitrogens is 1. The number of nitrogens with zero attached hydrogens (tertiary/aromatic N) is 1. The average molecular weight is 292 g/mol. The Labute approximate surface area is 130 Å². The monoisotopic (exact) mass is 292 g/mol. The van der Waals surface area contributed by atoms with E-state index in [1.165, 1.54) is 17.5 Å². The third kappa shape index (κ3) is 6.16. The summed E-state index contributed by atoms with van der Waals surface area (Å²) in [6, 6.07) is 9.17. The molecule has 1 aromatic rings. The molecule has 3 heteroatoms. The van der Waals surface area contributed by atoms with Gasteiger partial charge in [0.25, 0.3) is 0 Å². The lowest BCUT2D eigenvalue weighted by Gasteiger charge is -2.35. The van der Waals surface area contributed by atoms with Crippen molar-refractivity contribution in [1.82, 2.24) is 0 Å². The van der Waals surface area contributed by atoms with Gasteiger partial charge in [0.2, 0.25) is 0 Å². The molecule has 120 valence electrons. The van der Waals surface area contributed by atoms with Gasteiger partial charge in [-0.2, -0.15) is 0 Å². The highest BCUT2D eigenvalue weighted by Gasteiger charge is 2.21. The zero-order chi connectivity index (χ0) is 15.7. The van der Waals surface area contributed by atoms with Crippen LogP contribution in [0.4, 0.5) is 0 Å². The van der Waals surface area contributed by atoms with Crippen LogP contribution in [0.3, 0.4) is 0 Å². The van der Waals surface area contributed by atoms with E-state index < -0.39 is 0 Å². The fraction of sp³-hybridized carbons (Fsp3) is 0.667. The molecule has 0 aliphatic rings. The lowest BCUT2D eigenvalue weighted by atomic mass is 9.97. The Morgan fingerprint density at radius 3 is 1.95 bits per heavy atom. The molecular formula is C18H34N3+. The molecule has 3 nitrogen and oxygen atoms in total. The summed E-state index contributed by atoms with van der Waals surface area (Å²) in [6.45, 7) is 9.39. The van der Waals surface area contributed by atoms with Crippen molar-refractivity contribution >= 4 is 0 Å². The predicted molar refractivity (Wildman–Crippen MR) is 92.1 cm³/mol. The van der Waals surface area contributed by atoms with Crippen LogP contribution in [0.15, 0.2) is 24.3 Å². The SMILES string of the molecule is CCC(C)c1ccc(C[N+](C)(CCCN)CCCN)cc1. The molecule has 0 radical (unpaired) electrons. The molecule has 0 saturated carbocycles. The van der Waals surface area contributed by atoms with E-state index in [-0.39, 0.29) is 0 Å². The summed E-state index contributed by atoms with van der Waals surface area (Å²) in [4.78, 5) is 0. The summed E-state index contributed by atoms with van der Waals surface area (Å²) in [5.41, 5.74) is 14.2. The molecule has 0 aromatic heterocycles. The van der Waals surface area contributed by atoms with Gasteiger partial charge < -0.3 is 16.0 Å². The van der Waals surface area contributed by atoms with Crippen molar-refractivity contribution in [2.24, 2.45) is 11.5 Å². The van der Waals surface area contributed by atoms with E-state index in [4.69, 9.17) is 11.5 Å². The lowest BCUT2D eigenvalue weighted by Crippen LogP contribution is -2.45. The van der Waals surface area contributed by atoms with Crippen molar-refractivity contribution in [3.8, 4) is 0 Å². The third-order valence-corrected chi connectivity index (χ3v) is 4.53. The molecule has 0 saturated heterocycles. The molecule has 0 bridgehead atoms. The van der Waals surface area contributed by atoms with Crippen LogP contribution in [0.2, 0.25) is 0 Å². The van der Waals surface area contributed by atoms with Gasteiger partial charge in [0, 0.05) is 18.4 Å². The van der Waals surface area contributed by atoms with Crippen LogP contribution in [0.1, 0.15) is 50.2 Å². The van der Waals surface area contributed by atoms with E-state index in [1.807, 2.05) is 0 Å². The Balaban J connectivity index is 2.73. The molecule has 0 fully saturated rings. The first-order valence-electron chi connectivity index (χ1n) is 8.37. The minimum atomic E-state index is 0.648. The number of benzene rings is 1. The van der Waals surface area contributed by atoms with Crippen molar-refractivity contribution in [2.75, 3.05) is 33.2 Å². The average Bonchev–Trinajstić information content (AvgIpc) is 2.51. The van der Waals surface area contributed by atoms with Crippen LogP contribution in [0.5, 0.6) is 0 Å². The van der Waals surface area contributed by atoms with Gasteiger partial charge in [-0.3, -0.25) is 0 Å². The Bertz CT molecular complexity index is 378. The largest absolute Gasteiger partial charge is 0.330 e. The van der Waals surface area contributed by atoms with E-state index in [0.717, 1.165) is 50.0 Å². The first kappa shape index (κ1) is 18.1. The van der Waals surface area contributed by atoms with Gasteiger partial charge in [-0.1, -0.05) is 38.1 Å². The summed E-state index contributed by atoms with van der Waals surface area (Å²) in [7, 11) is 2.33. The number of hydrogen-bond acceptors (Lipinski definition) is 2. The zero-order valence-corrected chi connectivity index (χ0v) is 14.1. The van der Waals surface area contributed by atoms with Crippen molar-refractivity contribution in [1.29, 1.82) is 0 Å². The number of rotatable bonds is 10. The molecule has 0 amide bonds. The highest BCUT2D eigenvalue weighted by molar-refractivity contribution is 5.24. The Hall–Kier alpha value is -0.900. The van der Waals surface area contributed by atoms with E-state index in [1.54, 1.807) is 0 Å². The summed E-state index contributed by atoms with van der Waals surface area (Å²) in [5.74, 6) is 0.648.